The zero-order chi connectivity index (χ0) is 23.8. The molecule has 0 fully saturated rings. The molecule has 0 bridgehead atoms. The van der Waals surface area contributed by atoms with Crippen molar-refractivity contribution in [2.24, 2.45) is 0 Å². The minimum Gasteiger partial charge on any atom is -0.497 e. The summed E-state index contributed by atoms with van der Waals surface area (Å²) >= 11 is 6.04. The first kappa shape index (κ1) is 23.0. The van der Waals surface area contributed by atoms with Crippen molar-refractivity contribution >= 4 is 32.5 Å². The molecule has 1 heterocycles. The Morgan fingerprint density at radius 1 is 1.00 bits per heavy atom. The lowest BCUT2D eigenvalue weighted by Crippen LogP contribution is -2.34. The van der Waals surface area contributed by atoms with Crippen LogP contribution in [0.3, 0.4) is 0 Å². The van der Waals surface area contributed by atoms with Gasteiger partial charge in [0, 0.05) is 12.1 Å². The number of fused-ring (bicyclic) bond motifs is 1. The Bertz CT molecular complexity index is 1470. The van der Waals surface area contributed by atoms with E-state index in [9.17, 15) is 13.2 Å². The van der Waals surface area contributed by atoms with Crippen LogP contribution >= 0.6 is 11.6 Å². The Hall–Kier alpha value is -3.20. The maximum absolute atomic E-state index is 13.5. The van der Waals surface area contributed by atoms with Crippen LogP contribution in [-0.2, 0) is 10.0 Å². The van der Waals surface area contributed by atoms with Crippen molar-refractivity contribution in [3.8, 4) is 11.4 Å². The fourth-order valence-corrected chi connectivity index (χ4v) is 5.00. The molecule has 1 unspecified atom stereocenters. The van der Waals surface area contributed by atoms with Crippen LogP contribution in [0.4, 0.5) is 0 Å². The summed E-state index contributed by atoms with van der Waals surface area (Å²) in [5.41, 5.74) is 0.740. The third kappa shape index (κ3) is 4.25. The predicted molar refractivity (Wildman–Crippen MR) is 129 cm³/mol. The highest BCUT2D eigenvalue weighted by Crippen LogP contribution is 2.28. The largest absolute Gasteiger partial charge is 0.497 e. The molecule has 3 aromatic carbocycles. The van der Waals surface area contributed by atoms with Crippen LogP contribution in [0, 0.1) is 0 Å². The molecule has 9 heteroatoms. The monoisotopic (exact) mass is 483 g/mol. The van der Waals surface area contributed by atoms with Crippen molar-refractivity contribution in [3.63, 3.8) is 0 Å². The van der Waals surface area contributed by atoms with Crippen molar-refractivity contribution < 1.29 is 13.2 Å². The maximum Gasteiger partial charge on any atom is 0.266 e. The summed E-state index contributed by atoms with van der Waals surface area (Å²) in [6.07, 6.45) is 0. The van der Waals surface area contributed by atoms with Gasteiger partial charge in [0.05, 0.1) is 34.6 Å². The van der Waals surface area contributed by atoms with Gasteiger partial charge in [0.25, 0.3) is 5.56 Å². The number of halogens is 1. The number of benzene rings is 3. The zero-order valence-electron chi connectivity index (χ0n) is 18.3. The zero-order valence-corrected chi connectivity index (χ0v) is 19.8. The van der Waals surface area contributed by atoms with Crippen molar-refractivity contribution in [3.05, 3.63) is 94.0 Å². The van der Waals surface area contributed by atoms with Gasteiger partial charge in [-0.15, -0.1) is 0 Å². The van der Waals surface area contributed by atoms with Gasteiger partial charge < -0.3 is 4.74 Å². The van der Waals surface area contributed by atoms with E-state index in [0.29, 0.717) is 33.2 Å². The second kappa shape index (κ2) is 8.97. The second-order valence-electron chi connectivity index (χ2n) is 7.48. The Morgan fingerprint density at radius 2 is 1.64 bits per heavy atom. The number of aromatic nitrogens is 2. The molecule has 0 saturated heterocycles. The van der Waals surface area contributed by atoms with E-state index >= 15 is 0 Å². The van der Waals surface area contributed by atoms with Crippen molar-refractivity contribution in [2.45, 2.75) is 17.9 Å². The van der Waals surface area contributed by atoms with Gasteiger partial charge in [0.15, 0.2) is 0 Å². The molecule has 1 atom stereocenters. The van der Waals surface area contributed by atoms with Gasteiger partial charge in [-0.25, -0.2) is 13.4 Å². The molecule has 0 aliphatic carbocycles. The van der Waals surface area contributed by atoms with E-state index in [1.807, 2.05) is 0 Å². The first-order chi connectivity index (χ1) is 15.7. The molecule has 0 aliphatic rings. The van der Waals surface area contributed by atoms with E-state index in [2.05, 4.69) is 0 Å². The van der Waals surface area contributed by atoms with E-state index in [1.54, 1.807) is 67.6 Å². The highest BCUT2D eigenvalue weighted by Gasteiger charge is 2.30. The van der Waals surface area contributed by atoms with Crippen LogP contribution < -0.4 is 10.3 Å². The topological polar surface area (TPSA) is 81.5 Å². The van der Waals surface area contributed by atoms with E-state index in [1.165, 1.54) is 35.2 Å². The van der Waals surface area contributed by atoms with Crippen LogP contribution in [0.5, 0.6) is 5.75 Å². The quantitative estimate of drug-likeness (QED) is 0.405. The van der Waals surface area contributed by atoms with Gasteiger partial charge in [-0.1, -0.05) is 23.7 Å². The molecule has 0 spiro atoms. The number of nitrogens with zero attached hydrogens (tertiary/aromatic N) is 3. The number of sulfonamides is 1. The summed E-state index contributed by atoms with van der Waals surface area (Å²) in [5, 5.41) is 0.957. The number of ether oxygens (including phenoxy) is 1. The highest BCUT2D eigenvalue weighted by molar-refractivity contribution is 7.89. The summed E-state index contributed by atoms with van der Waals surface area (Å²) in [6.45, 7) is 1.70. The minimum atomic E-state index is -3.88. The smallest absolute Gasteiger partial charge is 0.266 e. The Balaban J connectivity index is 1.87. The highest BCUT2D eigenvalue weighted by atomic mass is 35.5. The second-order valence-corrected chi connectivity index (χ2v) is 9.91. The molecule has 4 aromatic rings. The van der Waals surface area contributed by atoms with Gasteiger partial charge in [-0.2, -0.15) is 4.31 Å². The van der Waals surface area contributed by atoms with Crippen LogP contribution in [-0.4, -0.2) is 36.4 Å². The first-order valence-electron chi connectivity index (χ1n) is 10.1. The average molecular weight is 484 g/mol. The Morgan fingerprint density at radius 3 is 2.27 bits per heavy atom. The summed E-state index contributed by atoms with van der Waals surface area (Å²) in [6, 6.07) is 19.1. The molecule has 0 saturated carbocycles. The molecule has 1 aromatic heterocycles. The van der Waals surface area contributed by atoms with Crippen LogP contribution in [0.15, 0.2) is 82.5 Å². The molecule has 0 radical (unpaired) electrons. The summed E-state index contributed by atoms with van der Waals surface area (Å²) in [5.74, 6) is 0.845. The molecule has 0 amide bonds. The molecule has 4 rings (SSSR count). The van der Waals surface area contributed by atoms with Gasteiger partial charge in [-0.3, -0.25) is 9.36 Å². The first-order valence-corrected chi connectivity index (χ1v) is 12.0. The Labute approximate surface area is 196 Å². The minimum absolute atomic E-state index is 0.110. The van der Waals surface area contributed by atoms with Gasteiger partial charge >= 0.3 is 0 Å². The van der Waals surface area contributed by atoms with Crippen molar-refractivity contribution in [1.29, 1.82) is 0 Å². The van der Waals surface area contributed by atoms with E-state index < -0.39 is 16.1 Å². The SMILES string of the molecule is COc1ccc(S(=O)(=O)N(C)C(C)c2nc3ccccc3c(=O)n2-c2ccc(Cl)cc2)cc1. The van der Waals surface area contributed by atoms with Gasteiger partial charge in [-0.05, 0) is 67.6 Å². The molecule has 170 valence electrons. The summed E-state index contributed by atoms with van der Waals surface area (Å²) in [4.78, 5) is 18.3. The third-order valence-corrected chi connectivity index (χ3v) is 7.74. The molecular weight excluding hydrogens is 462 g/mol. The molecular formula is C24H22ClN3O4S. The normalized spacial score (nSPS) is 12.8. The fourth-order valence-electron chi connectivity index (χ4n) is 3.55. The summed E-state index contributed by atoms with van der Waals surface area (Å²) in [7, 11) is -0.899. The molecule has 0 aliphatic heterocycles. The average Bonchev–Trinajstić information content (AvgIpc) is 2.84. The van der Waals surface area contributed by atoms with E-state index in [0.717, 1.165) is 0 Å². The lowest BCUT2D eigenvalue weighted by Gasteiger charge is -2.26. The fraction of sp³-hybridized carbons (Fsp3) is 0.167. The maximum atomic E-state index is 13.5. The van der Waals surface area contributed by atoms with Crippen molar-refractivity contribution in [2.75, 3.05) is 14.2 Å². The van der Waals surface area contributed by atoms with Crippen LogP contribution in [0.2, 0.25) is 5.02 Å². The number of methoxy groups -OCH3 is 1. The van der Waals surface area contributed by atoms with Gasteiger partial charge in [0.1, 0.15) is 11.6 Å². The van der Waals surface area contributed by atoms with E-state index in [-0.39, 0.29) is 10.5 Å². The Kier molecular flexibility index (Phi) is 6.25. The number of hydrogen-bond acceptors (Lipinski definition) is 5. The third-order valence-electron chi connectivity index (χ3n) is 5.54. The number of para-hydroxylation sites is 1. The van der Waals surface area contributed by atoms with Crippen LogP contribution in [0.25, 0.3) is 16.6 Å². The standard InChI is InChI=1S/C24H22ClN3O4S/c1-16(27(2)33(30,31)20-14-12-19(32-3)13-15-20)23-26-22-7-5-4-6-21(22)24(29)28(23)18-10-8-17(25)9-11-18/h4-16H,1-3H3. The van der Waals surface area contributed by atoms with Crippen molar-refractivity contribution in [1.82, 2.24) is 13.9 Å². The molecule has 7 nitrogen and oxygen atoms in total. The lowest BCUT2D eigenvalue weighted by molar-refractivity contribution is 0.379. The van der Waals surface area contributed by atoms with Crippen LogP contribution in [0.1, 0.15) is 18.8 Å². The molecule has 0 N–H and O–H groups in total. The lowest BCUT2D eigenvalue weighted by atomic mass is 10.2. The number of hydrogen-bond donors (Lipinski definition) is 0. The number of rotatable bonds is 6. The predicted octanol–water partition coefficient (Wildman–Crippen LogP) is 4.43. The van der Waals surface area contributed by atoms with E-state index in [4.69, 9.17) is 21.3 Å². The van der Waals surface area contributed by atoms with Gasteiger partial charge in [0.2, 0.25) is 10.0 Å². The molecule has 33 heavy (non-hydrogen) atoms. The summed E-state index contributed by atoms with van der Waals surface area (Å²) < 4.78 is 34.4.